The predicted octanol–water partition coefficient (Wildman–Crippen LogP) is 2.14. The van der Waals surface area contributed by atoms with Gasteiger partial charge in [-0.05, 0) is 25.0 Å². The minimum absolute atomic E-state index is 0.000562. The van der Waals surface area contributed by atoms with Gasteiger partial charge < -0.3 is 31.2 Å². The first-order valence-corrected chi connectivity index (χ1v) is 11.8. The van der Waals surface area contributed by atoms with Gasteiger partial charge >= 0.3 is 0 Å². The van der Waals surface area contributed by atoms with Crippen molar-refractivity contribution >= 4 is 49.5 Å². The number of hydrogen-bond donors (Lipinski definition) is 3. The molecule has 0 saturated carbocycles. The normalized spacial score (nSPS) is 23.1. The Balaban J connectivity index is 1.27. The van der Waals surface area contributed by atoms with E-state index in [4.69, 9.17) is 20.9 Å². The topological polar surface area (TPSA) is 116 Å². The number of fused-ring (bicyclic) bond motifs is 2. The number of thiophene rings is 1. The van der Waals surface area contributed by atoms with Crippen molar-refractivity contribution in [3.05, 3.63) is 33.6 Å². The zero-order valence-corrected chi connectivity index (χ0v) is 19.0. The minimum Gasteiger partial charge on any atom is -0.491 e. The summed E-state index contributed by atoms with van der Waals surface area (Å²) in [7, 11) is 1.70. The van der Waals surface area contributed by atoms with Crippen molar-refractivity contribution < 1.29 is 14.3 Å². The highest BCUT2D eigenvalue weighted by atomic mass is 32.1. The lowest BCUT2D eigenvalue weighted by Crippen LogP contribution is -2.42. The highest BCUT2D eigenvalue weighted by Gasteiger charge is 2.31. The second-order valence-corrected chi connectivity index (χ2v) is 10.2. The highest BCUT2D eigenvalue weighted by Crippen LogP contribution is 2.37. The highest BCUT2D eigenvalue weighted by molar-refractivity contribution is 7.29. The predicted molar refractivity (Wildman–Crippen MR) is 125 cm³/mol. The van der Waals surface area contributed by atoms with Crippen LogP contribution in [0, 0.1) is 6.92 Å². The molecule has 1 fully saturated rings. The molecule has 2 aliphatic rings. The Morgan fingerprint density at radius 3 is 2.94 bits per heavy atom. The molecule has 1 amide bonds. The molecule has 8 nitrogen and oxygen atoms in total. The number of nitrogens with zero attached hydrogens (tertiary/aromatic N) is 2. The van der Waals surface area contributed by atoms with E-state index in [0.29, 0.717) is 23.6 Å². The quantitative estimate of drug-likeness (QED) is 0.547. The second kappa shape index (κ2) is 7.94. The molecule has 5 N–H and O–H groups in total. The number of aromatic nitrogens is 1. The van der Waals surface area contributed by atoms with E-state index in [-0.39, 0.29) is 24.1 Å². The van der Waals surface area contributed by atoms with Crippen molar-refractivity contribution in [1.29, 1.82) is 0 Å². The van der Waals surface area contributed by atoms with E-state index in [1.165, 1.54) is 22.7 Å². The molecular formula is C21H25N5O3S2. The summed E-state index contributed by atoms with van der Waals surface area (Å²) in [5, 5.41) is 4.02. The molecule has 0 aliphatic carbocycles. The molecule has 5 rings (SSSR count). The van der Waals surface area contributed by atoms with Crippen molar-refractivity contribution in [1.82, 2.24) is 10.3 Å². The molecule has 2 aromatic heterocycles. The van der Waals surface area contributed by atoms with Crippen LogP contribution in [0.25, 0.3) is 9.53 Å². The number of ether oxygens (including phenoxy) is 2. The molecule has 10 heteroatoms. The number of thiazole rings is 1. The third-order valence-electron chi connectivity index (χ3n) is 5.87. The first kappa shape index (κ1) is 20.5. The maximum Gasteiger partial charge on any atom is 0.263 e. The van der Waals surface area contributed by atoms with E-state index in [1.807, 2.05) is 6.92 Å². The standard InChI is InChI=1S/C21H25N5O3S2/c1-10-24-21-19(30-10)17(23)18(31-21)20(27)25-12-5-11-3-4-13(6-15(11)29-9-12)26-7-14(22)16(8-26)28-2/h3-4,6,12,14,16H,5,7-9,22-23H2,1-2H3,(H,25,27)/t12-,14-,16+/m1/s1. The molecule has 0 spiro atoms. The number of rotatable bonds is 4. The number of nitrogen functional groups attached to an aromatic ring is 1. The molecule has 0 unspecified atom stereocenters. The van der Waals surface area contributed by atoms with Crippen LogP contribution in [0.1, 0.15) is 20.2 Å². The minimum atomic E-state index is -0.171. The summed E-state index contributed by atoms with van der Waals surface area (Å²) in [5.41, 5.74) is 15.0. The lowest BCUT2D eigenvalue weighted by molar-refractivity contribution is 0.0920. The molecule has 31 heavy (non-hydrogen) atoms. The Morgan fingerprint density at radius 1 is 1.35 bits per heavy atom. The van der Waals surface area contributed by atoms with Crippen LogP contribution in [-0.4, -0.2) is 55.9 Å². The van der Waals surface area contributed by atoms with Gasteiger partial charge in [-0.15, -0.1) is 22.7 Å². The summed E-state index contributed by atoms with van der Waals surface area (Å²) in [6.45, 7) is 3.87. The molecule has 1 saturated heterocycles. The number of anilines is 2. The summed E-state index contributed by atoms with van der Waals surface area (Å²) >= 11 is 2.86. The van der Waals surface area contributed by atoms with Crippen molar-refractivity contribution in [3.63, 3.8) is 0 Å². The molecule has 2 aliphatic heterocycles. The lowest BCUT2D eigenvalue weighted by Gasteiger charge is -2.28. The number of benzene rings is 1. The van der Waals surface area contributed by atoms with Gasteiger partial charge in [-0.1, -0.05) is 6.07 Å². The fourth-order valence-corrected chi connectivity index (χ4v) is 6.32. The SMILES string of the molecule is CO[C@H]1CN(c2ccc3c(c2)OC[C@H](NC(=O)c2sc4nc(C)sc4c2N)C3)C[C@H]1N. The first-order chi connectivity index (χ1) is 14.9. The van der Waals surface area contributed by atoms with Crippen LogP contribution in [0.2, 0.25) is 0 Å². The molecule has 164 valence electrons. The first-order valence-electron chi connectivity index (χ1n) is 10.2. The van der Waals surface area contributed by atoms with E-state index < -0.39 is 0 Å². The molecule has 0 radical (unpaired) electrons. The summed E-state index contributed by atoms with van der Waals surface area (Å²) in [4.78, 5) is 20.8. The molecule has 0 bridgehead atoms. The molecule has 3 atom stereocenters. The lowest BCUT2D eigenvalue weighted by atomic mass is 10.0. The monoisotopic (exact) mass is 459 g/mol. The fraction of sp³-hybridized carbons (Fsp3) is 0.429. The van der Waals surface area contributed by atoms with Crippen LogP contribution in [0.3, 0.4) is 0 Å². The third-order valence-corrected chi connectivity index (χ3v) is 8.10. The van der Waals surface area contributed by atoms with Gasteiger partial charge in [0.2, 0.25) is 0 Å². The number of amides is 1. The summed E-state index contributed by atoms with van der Waals surface area (Å²) in [6, 6.07) is 6.09. The number of aryl methyl sites for hydroxylation is 1. The molecule has 3 aromatic rings. The number of methoxy groups -OCH3 is 1. The van der Waals surface area contributed by atoms with Gasteiger partial charge in [0.25, 0.3) is 5.91 Å². The summed E-state index contributed by atoms with van der Waals surface area (Å²) in [6.07, 6.45) is 0.745. The largest absolute Gasteiger partial charge is 0.491 e. The Kier molecular flexibility index (Phi) is 5.25. The molecule has 4 heterocycles. The van der Waals surface area contributed by atoms with E-state index in [1.54, 1.807) is 7.11 Å². The van der Waals surface area contributed by atoms with Crippen molar-refractivity contribution in [2.75, 3.05) is 37.4 Å². The Hall–Kier alpha value is -2.40. The van der Waals surface area contributed by atoms with E-state index in [2.05, 4.69) is 33.4 Å². The average Bonchev–Trinajstić information content (AvgIpc) is 3.40. The van der Waals surface area contributed by atoms with Crippen molar-refractivity contribution in [2.45, 2.75) is 31.5 Å². The maximum atomic E-state index is 12.8. The van der Waals surface area contributed by atoms with E-state index >= 15 is 0 Å². The van der Waals surface area contributed by atoms with E-state index in [9.17, 15) is 4.79 Å². The Morgan fingerprint density at radius 2 is 2.19 bits per heavy atom. The number of nitrogens with one attached hydrogen (secondary N) is 1. The summed E-state index contributed by atoms with van der Waals surface area (Å²) in [5.74, 6) is 0.684. The maximum absolute atomic E-state index is 12.8. The van der Waals surface area contributed by atoms with Crippen molar-refractivity contribution in [2.24, 2.45) is 5.73 Å². The van der Waals surface area contributed by atoms with Gasteiger partial charge in [0.1, 0.15) is 22.1 Å². The van der Waals surface area contributed by atoms with Crippen LogP contribution in [0.5, 0.6) is 5.75 Å². The van der Waals surface area contributed by atoms with Gasteiger partial charge in [-0.25, -0.2) is 4.98 Å². The number of carbonyl (C=O) groups excluding carboxylic acids is 1. The second-order valence-electron chi connectivity index (χ2n) is 8.03. The summed E-state index contributed by atoms with van der Waals surface area (Å²) < 4.78 is 12.3. The zero-order valence-electron chi connectivity index (χ0n) is 17.4. The van der Waals surface area contributed by atoms with Crippen LogP contribution in [0.4, 0.5) is 11.4 Å². The van der Waals surface area contributed by atoms with Crippen LogP contribution < -0.4 is 26.4 Å². The third kappa shape index (κ3) is 3.73. The van der Waals surface area contributed by atoms with Gasteiger partial charge in [-0.3, -0.25) is 4.79 Å². The zero-order chi connectivity index (χ0) is 21.7. The Bertz CT molecular complexity index is 1140. The molecule has 1 aromatic carbocycles. The van der Waals surface area contributed by atoms with Gasteiger partial charge in [-0.2, -0.15) is 0 Å². The van der Waals surface area contributed by atoms with Crippen LogP contribution >= 0.6 is 22.7 Å². The van der Waals surface area contributed by atoms with Gasteiger partial charge in [0.15, 0.2) is 0 Å². The van der Waals surface area contributed by atoms with E-state index in [0.717, 1.165) is 44.6 Å². The Labute approximate surface area is 188 Å². The van der Waals surface area contributed by atoms with Crippen molar-refractivity contribution in [3.8, 4) is 5.75 Å². The fourth-order valence-electron chi connectivity index (χ4n) is 4.23. The number of nitrogens with two attached hydrogens (primary N) is 2. The van der Waals surface area contributed by atoms with Gasteiger partial charge in [0.05, 0.1) is 33.6 Å². The number of hydrogen-bond acceptors (Lipinski definition) is 9. The van der Waals surface area contributed by atoms with Crippen LogP contribution in [0.15, 0.2) is 18.2 Å². The smallest absolute Gasteiger partial charge is 0.263 e. The average molecular weight is 460 g/mol. The number of carbonyl (C=O) groups is 1. The van der Waals surface area contributed by atoms with Crippen LogP contribution in [-0.2, 0) is 11.2 Å². The van der Waals surface area contributed by atoms with Gasteiger partial charge in [0, 0.05) is 32.0 Å². The molecular weight excluding hydrogens is 434 g/mol.